The Morgan fingerprint density at radius 3 is 2.38 bits per heavy atom. The van der Waals surface area contributed by atoms with Crippen molar-refractivity contribution in [1.29, 1.82) is 0 Å². The van der Waals surface area contributed by atoms with Crippen LogP contribution >= 0.6 is 58.0 Å². The van der Waals surface area contributed by atoms with Crippen molar-refractivity contribution in [3.63, 3.8) is 0 Å². The number of hydrogen-bond acceptors (Lipinski definition) is 4. The normalized spacial score (nSPS) is 22.8. The zero-order valence-electron chi connectivity index (χ0n) is 18.4. The van der Waals surface area contributed by atoms with Gasteiger partial charge in [-0.2, -0.15) is 13.2 Å². The van der Waals surface area contributed by atoms with Crippen molar-refractivity contribution in [3.8, 4) is 0 Å². The van der Waals surface area contributed by atoms with Crippen molar-refractivity contribution < 1.29 is 32.4 Å². The fourth-order valence-electron chi connectivity index (χ4n) is 4.10. The number of benzene rings is 2. The molecule has 2 unspecified atom stereocenters. The molecule has 198 valence electrons. The largest absolute Gasteiger partial charge is 0.408 e. The monoisotopic (exact) mass is 616 g/mol. The maximum atomic E-state index is 12.9. The average Bonchev–Trinajstić information content (AvgIpc) is 3.24. The first kappa shape index (κ1) is 28.3. The first-order valence-corrected chi connectivity index (χ1v) is 12.6. The van der Waals surface area contributed by atoms with Gasteiger partial charge in [-0.1, -0.05) is 40.9 Å². The van der Waals surface area contributed by atoms with Crippen LogP contribution in [-0.2, 0) is 14.4 Å². The Bertz CT molecular complexity index is 1270. The van der Waals surface area contributed by atoms with Crippen LogP contribution < -0.4 is 5.32 Å². The lowest BCUT2D eigenvalue weighted by molar-refractivity contribution is -0.214. The number of rotatable bonds is 7. The van der Waals surface area contributed by atoms with Crippen LogP contribution in [0.1, 0.15) is 28.3 Å². The van der Waals surface area contributed by atoms with E-state index in [1.165, 1.54) is 18.2 Å². The maximum Gasteiger partial charge on any atom is 0.408 e. The topological polar surface area (TPSA) is 75.7 Å². The zero-order chi connectivity index (χ0) is 27.3. The second-order valence-corrected chi connectivity index (χ2v) is 11.3. The number of nitrogens with zero attached hydrogens (tertiary/aromatic N) is 1. The number of amides is 2. The molecule has 1 aliphatic heterocycles. The standard InChI is InChI=1S/C23H16Cl5F3N2O4/c24-14-4-2-12(7-13(14)17(34)6-11-8-37-33(21(11)36)9-22(29,30)31)32-20(35)19-18(23(19,27)28)10-1-3-15(25)16(26)5-10/h1-5,7,11,18-19H,6,8-9H2,(H,32,35)/t11-,18?,19?/m1/s1. The number of nitrogens with one attached hydrogen (secondary N) is 1. The lowest BCUT2D eigenvalue weighted by atomic mass is 9.98. The molecule has 3 atom stereocenters. The average molecular weight is 619 g/mol. The van der Waals surface area contributed by atoms with E-state index >= 15 is 0 Å². The van der Waals surface area contributed by atoms with Crippen molar-refractivity contribution in [1.82, 2.24) is 5.06 Å². The van der Waals surface area contributed by atoms with Crippen LogP contribution in [0.4, 0.5) is 18.9 Å². The Morgan fingerprint density at radius 2 is 1.73 bits per heavy atom. The lowest BCUT2D eigenvalue weighted by Crippen LogP contribution is -2.35. The minimum absolute atomic E-state index is 0.0265. The van der Waals surface area contributed by atoms with Crippen LogP contribution in [0.3, 0.4) is 0 Å². The molecule has 2 aliphatic rings. The van der Waals surface area contributed by atoms with Gasteiger partial charge in [0.05, 0.1) is 33.5 Å². The summed E-state index contributed by atoms with van der Waals surface area (Å²) < 4.78 is 36.3. The molecular weight excluding hydrogens is 603 g/mol. The fraction of sp³-hybridized carbons (Fsp3) is 0.348. The van der Waals surface area contributed by atoms with E-state index in [4.69, 9.17) is 62.8 Å². The van der Waals surface area contributed by atoms with Crippen molar-refractivity contribution in [2.75, 3.05) is 18.5 Å². The molecule has 37 heavy (non-hydrogen) atoms. The van der Waals surface area contributed by atoms with Gasteiger partial charge in [0.2, 0.25) is 5.91 Å². The predicted octanol–water partition coefficient (Wildman–Crippen LogP) is 6.70. The minimum Gasteiger partial charge on any atom is -0.326 e. The molecule has 1 saturated carbocycles. The lowest BCUT2D eigenvalue weighted by Gasteiger charge is -2.16. The van der Waals surface area contributed by atoms with Crippen molar-refractivity contribution in [3.05, 3.63) is 62.6 Å². The Balaban J connectivity index is 1.44. The fourth-order valence-corrected chi connectivity index (χ4v) is 5.45. The van der Waals surface area contributed by atoms with E-state index in [1.54, 1.807) is 18.2 Å². The number of hydrogen-bond donors (Lipinski definition) is 1. The van der Waals surface area contributed by atoms with Gasteiger partial charge in [0.1, 0.15) is 10.9 Å². The van der Waals surface area contributed by atoms with E-state index in [0.29, 0.717) is 10.6 Å². The van der Waals surface area contributed by atoms with E-state index in [1.807, 2.05) is 0 Å². The molecule has 0 aromatic heterocycles. The number of alkyl halides is 5. The molecule has 14 heteroatoms. The zero-order valence-corrected chi connectivity index (χ0v) is 22.2. The second-order valence-electron chi connectivity index (χ2n) is 8.60. The van der Waals surface area contributed by atoms with Crippen LogP contribution in [0.2, 0.25) is 15.1 Å². The van der Waals surface area contributed by atoms with E-state index in [2.05, 4.69) is 5.32 Å². The Labute approximate surface area is 233 Å². The van der Waals surface area contributed by atoms with Crippen molar-refractivity contribution >= 4 is 81.3 Å². The third-order valence-corrected chi connectivity index (χ3v) is 7.96. The molecule has 0 radical (unpaired) electrons. The molecule has 2 aromatic rings. The smallest absolute Gasteiger partial charge is 0.326 e. The third-order valence-electron chi connectivity index (χ3n) is 5.95. The number of hydroxylamine groups is 2. The van der Waals surface area contributed by atoms with E-state index in [0.717, 1.165) is 0 Å². The Morgan fingerprint density at radius 1 is 1.05 bits per heavy atom. The third kappa shape index (κ3) is 6.13. The van der Waals surface area contributed by atoms with Gasteiger partial charge in [0.25, 0.3) is 5.91 Å². The molecule has 2 fully saturated rings. The first-order chi connectivity index (χ1) is 17.2. The van der Waals surface area contributed by atoms with Crippen LogP contribution in [-0.4, -0.2) is 46.3 Å². The van der Waals surface area contributed by atoms with Crippen LogP contribution in [0, 0.1) is 11.8 Å². The number of carbonyl (C=O) groups excluding carboxylic acids is 3. The van der Waals surface area contributed by atoms with Gasteiger partial charge in [-0.05, 0) is 35.9 Å². The minimum atomic E-state index is -4.64. The van der Waals surface area contributed by atoms with E-state index in [-0.39, 0.29) is 33.0 Å². The molecule has 4 rings (SSSR count). The number of carbonyl (C=O) groups is 3. The highest BCUT2D eigenvalue weighted by Gasteiger charge is 2.67. The molecule has 2 amide bonds. The predicted molar refractivity (Wildman–Crippen MR) is 133 cm³/mol. The Kier molecular flexibility index (Phi) is 7.97. The van der Waals surface area contributed by atoms with Crippen molar-refractivity contribution in [2.45, 2.75) is 22.8 Å². The maximum absolute atomic E-state index is 12.9. The second kappa shape index (κ2) is 10.4. The summed E-state index contributed by atoms with van der Waals surface area (Å²) in [5.74, 6) is -4.59. The van der Waals surface area contributed by atoms with Gasteiger partial charge in [0.15, 0.2) is 5.78 Å². The molecule has 0 spiro atoms. The molecular formula is C23H16Cl5F3N2O4. The van der Waals surface area contributed by atoms with Gasteiger partial charge >= 0.3 is 6.18 Å². The summed E-state index contributed by atoms with van der Waals surface area (Å²) in [4.78, 5) is 42.8. The van der Waals surface area contributed by atoms with E-state index in [9.17, 15) is 27.6 Å². The van der Waals surface area contributed by atoms with Gasteiger partial charge in [0, 0.05) is 23.6 Å². The van der Waals surface area contributed by atoms with Gasteiger partial charge in [-0.25, -0.2) is 5.06 Å². The number of ketones is 1. The van der Waals surface area contributed by atoms with Crippen LogP contribution in [0.5, 0.6) is 0 Å². The summed E-state index contributed by atoms with van der Waals surface area (Å²) in [6, 6.07) is 8.92. The SMILES string of the molecule is O=C(C[C@@H]1CON(CC(F)(F)F)C1=O)c1cc(NC(=O)C2C(c3ccc(Cl)c(Cl)c3)C2(Cl)Cl)ccc1Cl. The van der Waals surface area contributed by atoms with Gasteiger partial charge in [-0.3, -0.25) is 19.2 Å². The molecule has 1 aliphatic carbocycles. The summed E-state index contributed by atoms with van der Waals surface area (Å²) in [6.45, 7) is -1.95. The van der Waals surface area contributed by atoms with Gasteiger partial charge < -0.3 is 5.32 Å². The van der Waals surface area contributed by atoms with Crippen molar-refractivity contribution in [2.24, 2.45) is 11.8 Å². The quantitative estimate of drug-likeness (QED) is 0.277. The molecule has 2 aromatic carbocycles. The highest BCUT2D eigenvalue weighted by atomic mass is 35.5. The molecule has 1 N–H and O–H groups in total. The van der Waals surface area contributed by atoms with Gasteiger partial charge in [-0.15, -0.1) is 23.2 Å². The number of halogens is 8. The molecule has 1 saturated heterocycles. The summed E-state index contributed by atoms with van der Waals surface area (Å²) in [5, 5.41) is 3.48. The highest BCUT2D eigenvalue weighted by Crippen LogP contribution is 2.65. The summed E-state index contributed by atoms with van der Waals surface area (Å²) in [6.07, 6.45) is -5.08. The van der Waals surface area contributed by atoms with E-state index < -0.39 is 58.8 Å². The van der Waals surface area contributed by atoms with Crippen LogP contribution in [0.25, 0.3) is 0 Å². The summed E-state index contributed by atoms with van der Waals surface area (Å²) in [7, 11) is 0. The highest BCUT2D eigenvalue weighted by molar-refractivity contribution is 6.53. The summed E-state index contributed by atoms with van der Waals surface area (Å²) >= 11 is 30.9. The molecule has 0 bridgehead atoms. The Hall–Kier alpha value is -1.75. The number of anilines is 1. The molecule has 1 heterocycles. The number of Topliss-reactive ketones (excluding diaryl/α,β-unsaturated/α-hetero) is 1. The first-order valence-electron chi connectivity index (χ1n) is 10.7. The molecule has 6 nitrogen and oxygen atoms in total. The summed E-state index contributed by atoms with van der Waals surface area (Å²) in [5.41, 5.74) is 0.797. The van der Waals surface area contributed by atoms with Crippen LogP contribution in [0.15, 0.2) is 36.4 Å².